The number of hydrogen-bond acceptors (Lipinski definition) is 2. The second kappa shape index (κ2) is 25.4. The second-order valence-corrected chi connectivity index (χ2v) is 11.1. The van der Waals surface area contributed by atoms with Crippen LogP contribution >= 0.6 is 0 Å². The molecule has 218 valence electrons. The monoisotopic (exact) mass is 528 g/mol. The van der Waals surface area contributed by atoms with Crippen molar-refractivity contribution in [3.05, 3.63) is 35.4 Å². The zero-order valence-electron chi connectivity index (χ0n) is 25.1. The summed E-state index contributed by atoms with van der Waals surface area (Å²) < 4.78 is 0. The molecule has 0 bridgehead atoms. The quantitative estimate of drug-likeness (QED) is 0.118. The summed E-state index contributed by atoms with van der Waals surface area (Å²) in [4.78, 5) is 25.5. The minimum Gasteiger partial charge on any atom is -0.352 e. The molecule has 2 amide bonds. The topological polar surface area (TPSA) is 58.2 Å². The van der Waals surface area contributed by atoms with E-state index in [9.17, 15) is 9.59 Å². The number of nitrogens with one attached hydrogen (secondary N) is 2. The van der Waals surface area contributed by atoms with Crippen LogP contribution in [0.15, 0.2) is 24.3 Å². The van der Waals surface area contributed by atoms with Gasteiger partial charge in [0.15, 0.2) is 0 Å². The molecule has 1 aromatic carbocycles. The molecule has 0 unspecified atom stereocenters. The Kier molecular flexibility index (Phi) is 22.9. The second-order valence-electron chi connectivity index (χ2n) is 11.1. The van der Waals surface area contributed by atoms with Gasteiger partial charge >= 0.3 is 0 Å². The van der Waals surface area contributed by atoms with Crippen LogP contribution in [0.3, 0.4) is 0 Å². The van der Waals surface area contributed by atoms with E-state index in [-0.39, 0.29) is 11.8 Å². The summed E-state index contributed by atoms with van der Waals surface area (Å²) in [5.41, 5.74) is 0.957. The molecule has 0 aliphatic carbocycles. The summed E-state index contributed by atoms with van der Waals surface area (Å²) in [7, 11) is 0. The number of unbranched alkanes of at least 4 members (excludes halogenated alkanes) is 20. The molecule has 0 saturated heterocycles. The molecule has 0 fully saturated rings. The van der Waals surface area contributed by atoms with Gasteiger partial charge in [0.2, 0.25) is 0 Å². The first-order valence-electron chi connectivity index (χ1n) is 16.4. The number of carbonyl (C=O) groups excluding carboxylic acids is 2. The van der Waals surface area contributed by atoms with Crippen molar-refractivity contribution < 1.29 is 9.59 Å². The van der Waals surface area contributed by atoms with Crippen molar-refractivity contribution in [2.24, 2.45) is 0 Å². The van der Waals surface area contributed by atoms with E-state index >= 15 is 0 Å². The maximum atomic E-state index is 12.7. The molecule has 1 aromatic rings. The van der Waals surface area contributed by atoms with Crippen LogP contribution in [0, 0.1) is 0 Å². The van der Waals surface area contributed by atoms with Crippen LogP contribution in [0.4, 0.5) is 0 Å². The summed E-state index contributed by atoms with van der Waals surface area (Å²) in [5, 5.41) is 6.04. The van der Waals surface area contributed by atoms with Crippen molar-refractivity contribution in [2.75, 3.05) is 13.1 Å². The van der Waals surface area contributed by atoms with Gasteiger partial charge in [0.1, 0.15) is 0 Å². The number of carbonyl (C=O) groups is 2. The van der Waals surface area contributed by atoms with Crippen molar-refractivity contribution in [3.63, 3.8) is 0 Å². The number of hydrogen-bond donors (Lipinski definition) is 2. The normalized spacial score (nSPS) is 11.0. The Bertz CT molecular complexity index is 644. The van der Waals surface area contributed by atoms with E-state index in [0.29, 0.717) is 24.2 Å². The van der Waals surface area contributed by atoms with Crippen LogP contribution < -0.4 is 10.6 Å². The summed E-state index contributed by atoms with van der Waals surface area (Å²) >= 11 is 0. The Hall–Kier alpha value is -1.84. The van der Waals surface area contributed by atoms with Crippen LogP contribution in [-0.2, 0) is 0 Å². The first-order valence-corrected chi connectivity index (χ1v) is 16.4. The van der Waals surface area contributed by atoms with Gasteiger partial charge in [-0.15, -0.1) is 0 Å². The predicted molar refractivity (Wildman–Crippen MR) is 164 cm³/mol. The Morgan fingerprint density at radius 2 is 0.711 bits per heavy atom. The predicted octanol–water partition coefficient (Wildman–Crippen LogP) is 9.77. The van der Waals surface area contributed by atoms with E-state index in [1.807, 2.05) is 12.1 Å². The zero-order chi connectivity index (χ0) is 27.5. The lowest BCUT2D eigenvalue weighted by Crippen LogP contribution is -2.30. The van der Waals surface area contributed by atoms with Gasteiger partial charge < -0.3 is 10.6 Å². The molecule has 0 aliphatic rings. The fourth-order valence-corrected chi connectivity index (χ4v) is 5.05. The summed E-state index contributed by atoms with van der Waals surface area (Å²) in [6, 6.07) is 7.18. The minimum atomic E-state index is -0.141. The first-order chi connectivity index (χ1) is 18.7. The van der Waals surface area contributed by atoms with E-state index in [2.05, 4.69) is 24.5 Å². The molecular weight excluding hydrogens is 468 g/mol. The highest BCUT2D eigenvalue weighted by Crippen LogP contribution is 2.13. The molecule has 0 heterocycles. The van der Waals surface area contributed by atoms with Gasteiger partial charge in [-0.1, -0.05) is 154 Å². The Balaban J connectivity index is 2.12. The van der Waals surface area contributed by atoms with Crippen LogP contribution in [0.1, 0.15) is 176 Å². The zero-order valence-corrected chi connectivity index (χ0v) is 25.1. The molecule has 4 nitrogen and oxygen atoms in total. The van der Waals surface area contributed by atoms with Gasteiger partial charge in [-0.25, -0.2) is 0 Å². The molecule has 4 heteroatoms. The van der Waals surface area contributed by atoms with Gasteiger partial charge in [0.05, 0.1) is 11.1 Å². The third kappa shape index (κ3) is 18.4. The number of rotatable bonds is 26. The van der Waals surface area contributed by atoms with Crippen molar-refractivity contribution in [2.45, 2.75) is 155 Å². The van der Waals surface area contributed by atoms with Gasteiger partial charge in [-0.2, -0.15) is 0 Å². The smallest absolute Gasteiger partial charge is 0.252 e. The molecular formula is C34H60N2O2. The molecule has 0 spiro atoms. The fraction of sp³-hybridized carbons (Fsp3) is 0.765. The van der Waals surface area contributed by atoms with E-state index in [1.54, 1.807) is 12.1 Å². The SMILES string of the molecule is CCCCCCCCCCCCCNC(=O)c1ccccc1C(=O)NCCCCCCCCCCCCC. The standard InChI is InChI=1S/C34H60N2O2/c1-3-5-7-9-11-13-15-17-19-21-25-29-35-33(37)31-27-23-24-28-32(31)34(38)36-30-26-22-20-18-16-14-12-10-8-6-4-2/h23-24,27-28H,3-22,25-26,29-30H2,1-2H3,(H,35,37)(H,36,38). The lowest BCUT2D eigenvalue weighted by molar-refractivity contribution is 0.0918. The molecule has 0 aliphatic heterocycles. The fourth-order valence-electron chi connectivity index (χ4n) is 5.05. The van der Waals surface area contributed by atoms with Crippen LogP contribution in [-0.4, -0.2) is 24.9 Å². The lowest BCUT2D eigenvalue weighted by atomic mass is 10.0. The third-order valence-corrected chi connectivity index (χ3v) is 7.55. The largest absolute Gasteiger partial charge is 0.352 e. The molecule has 38 heavy (non-hydrogen) atoms. The Morgan fingerprint density at radius 3 is 1.00 bits per heavy atom. The maximum absolute atomic E-state index is 12.7. The first kappa shape index (κ1) is 34.2. The number of amides is 2. The van der Waals surface area contributed by atoms with Crippen molar-refractivity contribution >= 4 is 11.8 Å². The molecule has 0 radical (unpaired) electrons. The van der Waals surface area contributed by atoms with Crippen LogP contribution in [0.2, 0.25) is 0 Å². The van der Waals surface area contributed by atoms with Crippen molar-refractivity contribution in [1.82, 2.24) is 10.6 Å². The average molecular weight is 529 g/mol. The average Bonchev–Trinajstić information content (AvgIpc) is 2.94. The van der Waals surface area contributed by atoms with E-state index in [4.69, 9.17) is 0 Å². The summed E-state index contributed by atoms with van der Waals surface area (Å²) in [6.45, 7) is 5.87. The molecule has 2 N–H and O–H groups in total. The van der Waals surface area contributed by atoms with Crippen molar-refractivity contribution in [3.8, 4) is 0 Å². The molecule has 1 rings (SSSR count). The van der Waals surface area contributed by atoms with E-state index in [1.165, 1.54) is 116 Å². The van der Waals surface area contributed by atoms with Gasteiger partial charge in [0.25, 0.3) is 11.8 Å². The van der Waals surface area contributed by atoms with E-state index < -0.39 is 0 Å². The molecule has 0 atom stereocenters. The number of benzene rings is 1. The third-order valence-electron chi connectivity index (χ3n) is 7.55. The van der Waals surface area contributed by atoms with Crippen molar-refractivity contribution in [1.29, 1.82) is 0 Å². The Morgan fingerprint density at radius 1 is 0.447 bits per heavy atom. The highest BCUT2D eigenvalue weighted by molar-refractivity contribution is 6.07. The molecule has 0 saturated carbocycles. The van der Waals surface area contributed by atoms with Gasteiger partial charge in [-0.05, 0) is 25.0 Å². The van der Waals surface area contributed by atoms with E-state index in [0.717, 1.165) is 25.7 Å². The summed E-state index contributed by atoms with van der Waals surface area (Å²) in [6.07, 6.45) is 28.4. The van der Waals surface area contributed by atoms with Crippen LogP contribution in [0.25, 0.3) is 0 Å². The highest BCUT2D eigenvalue weighted by atomic mass is 16.2. The summed E-state index contributed by atoms with van der Waals surface area (Å²) in [5.74, 6) is -0.282. The molecule has 0 aromatic heterocycles. The lowest BCUT2D eigenvalue weighted by Gasteiger charge is -2.11. The Labute approximate surface area is 235 Å². The minimum absolute atomic E-state index is 0.141. The van der Waals surface area contributed by atoms with Crippen LogP contribution in [0.5, 0.6) is 0 Å². The van der Waals surface area contributed by atoms with Gasteiger partial charge in [0, 0.05) is 13.1 Å². The maximum Gasteiger partial charge on any atom is 0.252 e. The van der Waals surface area contributed by atoms with Gasteiger partial charge in [-0.3, -0.25) is 9.59 Å². The highest BCUT2D eigenvalue weighted by Gasteiger charge is 2.15.